The number of rotatable bonds is 6. The number of fused-ring (bicyclic) bond motifs is 1. The first-order valence-corrected chi connectivity index (χ1v) is 10.3. The second-order valence-corrected chi connectivity index (χ2v) is 7.85. The minimum atomic E-state index is -0.280. The lowest BCUT2D eigenvalue weighted by Gasteiger charge is -2.32. The van der Waals surface area contributed by atoms with Crippen molar-refractivity contribution in [1.82, 2.24) is 24.7 Å². The number of benzene rings is 2. The Hall–Kier alpha value is -3.03. The molecule has 0 bridgehead atoms. The molecule has 1 saturated heterocycles. The summed E-state index contributed by atoms with van der Waals surface area (Å²) in [5.41, 5.74) is 3.39. The molecule has 0 unspecified atom stereocenters. The van der Waals surface area contributed by atoms with Crippen LogP contribution in [0, 0.1) is 0 Å². The highest BCUT2D eigenvalue weighted by atomic mass is 16.2. The lowest BCUT2D eigenvalue weighted by atomic mass is 10.1. The number of para-hydroxylation sites is 2. The molecule has 1 aliphatic rings. The second kappa shape index (κ2) is 9.19. The van der Waals surface area contributed by atoms with Crippen LogP contribution in [0.4, 0.5) is 0 Å². The van der Waals surface area contributed by atoms with E-state index in [2.05, 4.69) is 39.3 Å². The van der Waals surface area contributed by atoms with Gasteiger partial charge >= 0.3 is 0 Å². The Kier molecular flexibility index (Phi) is 6.21. The third-order valence-electron chi connectivity index (χ3n) is 5.54. The van der Waals surface area contributed by atoms with Crippen molar-refractivity contribution in [2.24, 2.45) is 0 Å². The van der Waals surface area contributed by atoms with Gasteiger partial charge in [0.15, 0.2) is 0 Å². The number of carbonyl (C=O) groups excluding carboxylic acids is 1. The van der Waals surface area contributed by atoms with Crippen molar-refractivity contribution in [3.63, 3.8) is 0 Å². The minimum absolute atomic E-state index is 0.0249. The zero-order valence-corrected chi connectivity index (χ0v) is 17.3. The fraction of sp³-hybridized carbons (Fsp3) is 0.348. The van der Waals surface area contributed by atoms with Crippen LogP contribution in [-0.4, -0.2) is 58.5 Å². The van der Waals surface area contributed by atoms with Gasteiger partial charge in [0.1, 0.15) is 6.54 Å². The molecule has 1 aromatic heterocycles. The summed E-state index contributed by atoms with van der Waals surface area (Å²) in [5, 5.41) is 2.94. The molecule has 7 heteroatoms. The molecule has 156 valence electrons. The number of likely N-dealkylation sites (N-methyl/N-ethyl adjacent to an activating group) is 1. The summed E-state index contributed by atoms with van der Waals surface area (Å²) in [5.74, 6) is -0.196. The van der Waals surface area contributed by atoms with Crippen LogP contribution in [0.25, 0.3) is 11.0 Å². The fourth-order valence-electron chi connectivity index (χ4n) is 3.78. The Balaban J connectivity index is 1.37. The smallest absolute Gasteiger partial charge is 0.269 e. The highest BCUT2D eigenvalue weighted by Gasteiger charge is 2.14. The number of amides is 1. The standard InChI is InChI=1S/C23H27N5O2/c1-26-9-11-27(12-10-26)16-19-6-4-5-18(13-19)14-25-22(29)17-28-21-8-3-2-7-20(21)24-15-23(28)30/h2-8,13,15H,9-12,14,16-17H2,1H3,(H,25,29). The normalized spacial score (nSPS) is 15.4. The summed E-state index contributed by atoms with van der Waals surface area (Å²) in [7, 11) is 2.16. The Morgan fingerprint density at radius 3 is 2.63 bits per heavy atom. The van der Waals surface area contributed by atoms with Crippen molar-refractivity contribution >= 4 is 16.9 Å². The van der Waals surface area contributed by atoms with Crippen LogP contribution in [0.3, 0.4) is 0 Å². The summed E-state index contributed by atoms with van der Waals surface area (Å²) in [4.78, 5) is 33.7. The predicted octanol–water partition coefficient (Wildman–Crippen LogP) is 1.46. The largest absolute Gasteiger partial charge is 0.350 e. The van der Waals surface area contributed by atoms with Gasteiger partial charge in [0.25, 0.3) is 5.56 Å². The van der Waals surface area contributed by atoms with Gasteiger partial charge < -0.3 is 10.2 Å². The third-order valence-corrected chi connectivity index (χ3v) is 5.54. The van der Waals surface area contributed by atoms with Gasteiger partial charge in [-0.25, -0.2) is 4.98 Å². The number of carbonyl (C=O) groups is 1. The van der Waals surface area contributed by atoms with E-state index in [1.54, 1.807) is 6.07 Å². The van der Waals surface area contributed by atoms with Crippen molar-refractivity contribution in [2.75, 3.05) is 33.2 Å². The number of hydrogen-bond acceptors (Lipinski definition) is 5. The van der Waals surface area contributed by atoms with Crippen LogP contribution < -0.4 is 10.9 Å². The van der Waals surface area contributed by atoms with Crippen molar-refractivity contribution in [3.8, 4) is 0 Å². The topological polar surface area (TPSA) is 70.5 Å². The van der Waals surface area contributed by atoms with Crippen LogP contribution in [0.2, 0.25) is 0 Å². The Bertz CT molecular complexity index is 1090. The van der Waals surface area contributed by atoms with E-state index in [1.807, 2.05) is 30.3 Å². The monoisotopic (exact) mass is 405 g/mol. The van der Waals surface area contributed by atoms with Crippen molar-refractivity contribution in [2.45, 2.75) is 19.6 Å². The van der Waals surface area contributed by atoms with E-state index in [0.717, 1.165) is 38.3 Å². The fourth-order valence-corrected chi connectivity index (χ4v) is 3.78. The zero-order valence-electron chi connectivity index (χ0n) is 17.3. The maximum atomic E-state index is 12.5. The number of nitrogens with zero attached hydrogens (tertiary/aromatic N) is 4. The number of aromatic nitrogens is 2. The number of piperazine rings is 1. The minimum Gasteiger partial charge on any atom is -0.350 e. The first-order valence-electron chi connectivity index (χ1n) is 10.3. The van der Waals surface area contributed by atoms with E-state index < -0.39 is 0 Å². The molecule has 0 atom stereocenters. The predicted molar refractivity (Wildman–Crippen MR) is 117 cm³/mol. The van der Waals surface area contributed by atoms with Gasteiger partial charge in [0, 0.05) is 39.3 Å². The van der Waals surface area contributed by atoms with Crippen LogP contribution in [0.1, 0.15) is 11.1 Å². The molecule has 0 aliphatic carbocycles. The van der Waals surface area contributed by atoms with E-state index in [-0.39, 0.29) is 18.0 Å². The van der Waals surface area contributed by atoms with E-state index in [0.29, 0.717) is 17.6 Å². The van der Waals surface area contributed by atoms with E-state index in [1.165, 1.54) is 16.3 Å². The number of hydrogen-bond donors (Lipinski definition) is 1. The van der Waals surface area contributed by atoms with Crippen LogP contribution in [-0.2, 0) is 24.4 Å². The maximum absolute atomic E-state index is 12.5. The average Bonchev–Trinajstić information content (AvgIpc) is 2.76. The molecule has 1 amide bonds. The van der Waals surface area contributed by atoms with Gasteiger partial charge in [0.05, 0.1) is 17.2 Å². The molecule has 0 radical (unpaired) electrons. The summed E-state index contributed by atoms with van der Waals surface area (Å²) < 4.78 is 1.46. The van der Waals surface area contributed by atoms with Crippen LogP contribution in [0.15, 0.2) is 59.5 Å². The SMILES string of the molecule is CN1CCN(Cc2cccc(CNC(=O)Cn3c(=O)cnc4ccccc43)c2)CC1. The molecule has 1 aliphatic heterocycles. The molecule has 2 aromatic carbocycles. The molecule has 1 fully saturated rings. The third kappa shape index (κ3) is 4.93. The summed E-state index contributed by atoms with van der Waals surface area (Å²) in [6.45, 7) is 5.68. The molecule has 2 heterocycles. The van der Waals surface area contributed by atoms with Gasteiger partial charge in [-0.2, -0.15) is 0 Å². The first-order chi connectivity index (χ1) is 14.6. The maximum Gasteiger partial charge on any atom is 0.269 e. The van der Waals surface area contributed by atoms with Crippen molar-refractivity contribution < 1.29 is 4.79 Å². The first kappa shape index (κ1) is 20.3. The second-order valence-electron chi connectivity index (χ2n) is 7.85. The summed E-state index contributed by atoms with van der Waals surface area (Å²) >= 11 is 0. The lowest BCUT2D eigenvalue weighted by Crippen LogP contribution is -2.43. The van der Waals surface area contributed by atoms with Crippen LogP contribution >= 0.6 is 0 Å². The summed E-state index contributed by atoms with van der Waals surface area (Å²) in [6.07, 6.45) is 1.26. The lowest BCUT2D eigenvalue weighted by molar-refractivity contribution is -0.121. The Labute approximate surface area is 175 Å². The van der Waals surface area contributed by atoms with Gasteiger partial charge in [-0.1, -0.05) is 36.4 Å². The van der Waals surface area contributed by atoms with Gasteiger partial charge in [0.2, 0.25) is 5.91 Å². The molecular weight excluding hydrogens is 378 g/mol. The van der Waals surface area contributed by atoms with Gasteiger partial charge in [-0.3, -0.25) is 19.1 Å². The number of nitrogens with one attached hydrogen (secondary N) is 1. The Morgan fingerprint density at radius 1 is 1.03 bits per heavy atom. The summed E-state index contributed by atoms with van der Waals surface area (Å²) in [6, 6.07) is 15.7. The molecule has 3 aromatic rings. The van der Waals surface area contributed by atoms with E-state index >= 15 is 0 Å². The molecule has 0 saturated carbocycles. The van der Waals surface area contributed by atoms with Crippen molar-refractivity contribution in [1.29, 1.82) is 0 Å². The zero-order chi connectivity index (χ0) is 20.9. The molecule has 0 spiro atoms. The quantitative estimate of drug-likeness (QED) is 0.672. The van der Waals surface area contributed by atoms with Gasteiger partial charge in [-0.05, 0) is 30.3 Å². The van der Waals surface area contributed by atoms with Crippen LogP contribution in [0.5, 0.6) is 0 Å². The van der Waals surface area contributed by atoms with Gasteiger partial charge in [-0.15, -0.1) is 0 Å². The van der Waals surface area contributed by atoms with E-state index in [4.69, 9.17) is 0 Å². The Morgan fingerprint density at radius 2 is 1.80 bits per heavy atom. The molecule has 30 heavy (non-hydrogen) atoms. The molecule has 1 N–H and O–H groups in total. The highest BCUT2D eigenvalue weighted by Crippen LogP contribution is 2.11. The molecular formula is C23H27N5O2. The van der Waals surface area contributed by atoms with Crippen molar-refractivity contribution in [3.05, 3.63) is 76.2 Å². The highest BCUT2D eigenvalue weighted by molar-refractivity contribution is 5.79. The molecule has 7 nitrogen and oxygen atoms in total. The average molecular weight is 406 g/mol. The molecule has 4 rings (SSSR count). The van der Waals surface area contributed by atoms with E-state index in [9.17, 15) is 9.59 Å².